The van der Waals surface area contributed by atoms with Crippen LogP contribution in [0.15, 0.2) is 44.8 Å². The largest absolute Gasteiger partial charge is 0.338 e. The van der Waals surface area contributed by atoms with Crippen molar-refractivity contribution in [2.75, 3.05) is 5.32 Å². The van der Waals surface area contributed by atoms with Gasteiger partial charge >= 0.3 is 0 Å². The number of rotatable bonds is 5. The van der Waals surface area contributed by atoms with E-state index in [9.17, 15) is 9.59 Å². The SMILES string of the molecule is Cc1ccc(-n2c(SC(C)C(=O)Nc3cc(C)no3)nc3sc4c(c3c2=O)CCC4)cc1. The molecule has 0 saturated carbocycles. The van der Waals surface area contributed by atoms with Crippen LogP contribution in [0, 0.1) is 13.8 Å². The Balaban J connectivity index is 1.56. The molecular formula is C23H22N4O3S2. The topological polar surface area (TPSA) is 90.0 Å². The van der Waals surface area contributed by atoms with Crippen LogP contribution in [0.2, 0.25) is 0 Å². The van der Waals surface area contributed by atoms with Crippen LogP contribution in [0.25, 0.3) is 15.9 Å². The summed E-state index contributed by atoms with van der Waals surface area (Å²) < 4.78 is 6.73. The lowest BCUT2D eigenvalue weighted by Crippen LogP contribution is -2.26. The smallest absolute Gasteiger partial charge is 0.267 e. The van der Waals surface area contributed by atoms with Crippen LogP contribution in [0.3, 0.4) is 0 Å². The van der Waals surface area contributed by atoms with E-state index >= 15 is 0 Å². The monoisotopic (exact) mass is 466 g/mol. The number of carbonyl (C=O) groups excluding carboxylic acids is 1. The highest BCUT2D eigenvalue weighted by atomic mass is 32.2. The van der Waals surface area contributed by atoms with Gasteiger partial charge in [-0.05, 0) is 57.7 Å². The summed E-state index contributed by atoms with van der Waals surface area (Å²) in [5, 5.41) is 7.24. The number of thiophene rings is 1. The van der Waals surface area contributed by atoms with Gasteiger partial charge in [0.15, 0.2) is 5.16 Å². The van der Waals surface area contributed by atoms with Crippen LogP contribution >= 0.6 is 23.1 Å². The van der Waals surface area contributed by atoms with E-state index in [2.05, 4.69) is 10.5 Å². The third-order valence-electron chi connectivity index (χ3n) is 5.53. The zero-order valence-electron chi connectivity index (χ0n) is 18.0. The molecule has 32 heavy (non-hydrogen) atoms. The van der Waals surface area contributed by atoms with Gasteiger partial charge in [0.1, 0.15) is 4.83 Å². The van der Waals surface area contributed by atoms with Gasteiger partial charge in [-0.2, -0.15) is 0 Å². The number of amides is 1. The van der Waals surface area contributed by atoms with E-state index in [1.165, 1.54) is 16.6 Å². The molecule has 9 heteroatoms. The molecule has 3 aromatic heterocycles. The zero-order chi connectivity index (χ0) is 22.4. The summed E-state index contributed by atoms with van der Waals surface area (Å²) in [5.41, 5.74) is 3.61. The molecule has 0 bridgehead atoms. The van der Waals surface area contributed by atoms with Gasteiger partial charge in [0, 0.05) is 10.9 Å². The van der Waals surface area contributed by atoms with Crippen LogP contribution in [-0.2, 0) is 17.6 Å². The second kappa shape index (κ2) is 8.22. The molecular weight excluding hydrogens is 444 g/mol. The van der Waals surface area contributed by atoms with E-state index in [4.69, 9.17) is 9.51 Å². The maximum absolute atomic E-state index is 13.7. The molecule has 1 atom stereocenters. The Morgan fingerprint density at radius 1 is 1.25 bits per heavy atom. The highest BCUT2D eigenvalue weighted by Crippen LogP contribution is 2.36. The quantitative estimate of drug-likeness (QED) is 0.340. The Morgan fingerprint density at radius 2 is 2.03 bits per heavy atom. The number of carbonyl (C=O) groups is 1. The minimum Gasteiger partial charge on any atom is -0.338 e. The van der Waals surface area contributed by atoms with E-state index in [0.717, 1.165) is 46.3 Å². The van der Waals surface area contributed by atoms with E-state index in [0.29, 0.717) is 16.7 Å². The fourth-order valence-electron chi connectivity index (χ4n) is 3.88. The van der Waals surface area contributed by atoms with Gasteiger partial charge in [-0.3, -0.25) is 19.5 Å². The molecule has 164 valence electrons. The van der Waals surface area contributed by atoms with Crippen molar-refractivity contribution in [3.8, 4) is 5.69 Å². The summed E-state index contributed by atoms with van der Waals surface area (Å²) in [4.78, 5) is 33.3. The van der Waals surface area contributed by atoms with Crippen LogP contribution in [-0.4, -0.2) is 25.9 Å². The number of nitrogens with zero attached hydrogens (tertiary/aromatic N) is 3. The molecule has 4 aromatic rings. The third kappa shape index (κ3) is 3.75. The highest BCUT2D eigenvalue weighted by Gasteiger charge is 2.26. The van der Waals surface area contributed by atoms with Crippen LogP contribution < -0.4 is 10.9 Å². The molecule has 0 aliphatic heterocycles. The van der Waals surface area contributed by atoms with E-state index < -0.39 is 5.25 Å². The highest BCUT2D eigenvalue weighted by molar-refractivity contribution is 8.00. The molecule has 5 rings (SSSR count). The summed E-state index contributed by atoms with van der Waals surface area (Å²) in [6, 6.07) is 9.45. The molecule has 1 aliphatic rings. The molecule has 1 amide bonds. The summed E-state index contributed by atoms with van der Waals surface area (Å²) in [6.07, 6.45) is 3.00. The molecule has 3 heterocycles. The Morgan fingerprint density at radius 3 is 2.75 bits per heavy atom. The van der Waals surface area contributed by atoms with E-state index in [1.54, 1.807) is 35.8 Å². The van der Waals surface area contributed by atoms with Crippen molar-refractivity contribution in [1.29, 1.82) is 0 Å². The summed E-state index contributed by atoms with van der Waals surface area (Å²) >= 11 is 2.86. The molecule has 0 saturated heterocycles. The average Bonchev–Trinajstić information content (AvgIpc) is 3.45. The number of benzene rings is 1. The summed E-state index contributed by atoms with van der Waals surface area (Å²) in [5.74, 6) is 0.0543. The van der Waals surface area contributed by atoms with Crippen molar-refractivity contribution < 1.29 is 9.32 Å². The van der Waals surface area contributed by atoms with Gasteiger partial charge in [-0.25, -0.2) is 4.98 Å². The molecule has 1 N–H and O–H groups in total. The van der Waals surface area contributed by atoms with Crippen molar-refractivity contribution in [2.24, 2.45) is 0 Å². The maximum Gasteiger partial charge on any atom is 0.267 e. The van der Waals surface area contributed by atoms with Crippen molar-refractivity contribution >= 4 is 45.1 Å². The lowest BCUT2D eigenvalue weighted by atomic mass is 10.2. The second-order valence-electron chi connectivity index (χ2n) is 7.99. The molecule has 0 fully saturated rings. The Kier molecular flexibility index (Phi) is 5.38. The van der Waals surface area contributed by atoms with Crippen LogP contribution in [0.4, 0.5) is 5.88 Å². The number of aromatic nitrogens is 3. The van der Waals surface area contributed by atoms with Crippen LogP contribution in [0.5, 0.6) is 0 Å². The van der Waals surface area contributed by atoms with Crippen molar-refractivity contribution in [2.45, 2.75) is 50.4 Å². The molecule has 0 radical (unpaired) electrons. The lowest BCUT2D eigenvalue weighted by molar-refractivity contribution is -0.115. The number of thioether (sulfide) groups is 1. The van der Waals surface area contributed by atoms with Crippen LogP contribution in [0.1, 0.15) is 35.0 Å². The average molecular weight is 467 g/mol. The zero-order valence-corrected chi connectivity index (χ0v) is 19.6. The molecule has 0 spiro atoms. The van der Waals surface area contributed by atoms with E-state index in [1.807, 2.05) is 31.2 Å². The number of nitrogens with one attached hydrogen (secondary N) is 1. The fourth-order valence-corrected chi connectivity index (χ4v) is 6.11. The number of fused-ring (bicyclic) bond motifs is 3. The van der Waals surface area contributed by atoms with Gasteiger partial charge < -0.3 is 4.52 Å². The van der Waals surface area contributed by atoms with Crippen molar-refractivity contribution in [3.05, 3.63) is 62.4 Å². The minimum absolute atomic E-state index is 0.0702. The molecule has 1 aliphatic carbocycles. The van der Waals surface area contributed by atoms with Gasteiger partial charge in [0.05, 0.1) is 22.0 Å². The maximum atomic E-state index is 13.7. The predicted octanol–water partition coefficient (Wildman–Crippen LogP) is 4.66. The number of anilines is 1. The standard InChI is InChI=1S/C23H22N4O3S2/c1-12-7-9-15(10-8-12)27-22(29)19-16-5-4-6-17(16)32-21(19)25-23(27)31-14(3)20(28)24-18-11-13(2)26-30-18/h7-11,14H,4-6H2,1-3H3,(H,24,28). The van der Waals surface area contributed by atoms with Gasteiger partial charge in [0.25, 0.3) is 5.56 Å². The minimum atomic E-state index is -0.506. The van der Waals surface area contributed by atoms with Crippen molar-refractivity contribution in [1.82, 2.24) is 14.7 Å². The molecule has 7 nitrogen and oxygen atoms in total. The third-order valence-corrected chi connectivity index (χ3v) is 7.76. The second-order valence-corrected chi connectivity index (χ2v) is 10.4. The lowest BCUT2D eigenvalue weighted by Gasteiger charge is -2.15. The Labute approximate surface area is 192 Å². The first kappa shape index (κ1) is 21.0. The first-order valence-electron chi connectivity index (χ1n) is 10.5. The Hall–Kier alpha value is -2.91. The molecule has 1 unspecified atom stereocenters. The van der Waals surface area contributed by atoms with Gasteiger partial charge in [0.2, 0.25) is 11.8 Å². The number of hydrogen-bond donors (Lipinski definition) is 1. The van der Waals surface area contributed by atoms with Gasteiger partial charge in [-0.1, -0.05) is 34.6 Å². The van der Waals surface area contributed by atoms with Crippen molar-refractivity contribution in [3.63, 3.8) is 0 Å². The Bertz CT molecular complexity index is 1380. The predicted molar refractivity (Wildman–Crippen MR) is 127 cm³/mol. The number of aryl methyl sites for hydroxylation is 4. The fraction of sp³-hybridized carbons (Fsp3) is 0.304. The summed E-state index contributed by atoms with van der Waals surface area (Å²) in [6.45, 7) is 5.58. The normalized spacial score (nSPS) is 14.0. The first-order valence-corrected chi connectivity index (χ1v) is 12.2. The van der Waals surface area contributed by atoms with Gasteiger partial charge in [-0.15, -0.1) is 11.3 Å². The van der Waals surface area contributed by atoms with E-state index in [-0.39, 0.29) is 11.5 Å². The molecule has 1 aromatic carbocycles. The first-order chi connectivity index (χ1) is 15.4. The summed E-state index contributed by atoms with van der Waals surface area (Å²) in [7, 11) is 0. The number of hydrogen-bond acceptors (Lipinski definition) is 7.